The third-order valence-electron chi connectivity index (χ3n) is 3.76. The molecule has 1 amide bonds. The quantitative estimate of drug-likeness (QED) is 0.514. The first-order chi connectivity index (χ1) is 12.9. The van der Waals surface area contributed by atoms with Crippen LogP contribution in [0.3, 0.4) is 0 Å². The Morgan fingerprint density at radius 2 is 1.96 bits per heavy atom. The smallest absolute Gasteiger partial charge is 0.337 e. The molecule has 0 saturated heterocycles. The monoisotopic (exact) mass is 368 g/mol. The Balaban J connectivity index is 1.89. The molecule has 0 saturated carbocycles. The van der Waals surface area contributed by atoms with Crippen LogP contribution in [0.4, 0.5) is 11.4 Å². The number of anilines is 1. The van der Waals surface area contributed by atoms with Crippen molar-refractivity contribution in [3.63, 3.8) is 0 Å². The van der Waals surface area contributed by atoms with Crippen LogP contribution in [0.1, 0.15) is 10.4 Å². The number of rotatable bonds is 5. The van der Waals surface area contributed by atoms with Gasteiger partial charge in [-0.15, -0.1) is 0 Å². The number of para-hydroxylation sites is 1. The predicted molar refractivity (Wildman–Crippen MR) is 94.7 cm³/mol. The van der Waals surface area contributed by atoms with Crippen molar-refractivity contribution in [2.24, 2.45) is 0 Å². The van der Waals surface area contributed by atoms with Gasteiger partial charge in [0.05, 0.1) is 33.4 Å². The van der Waals surface area contributed by atoms with Gasteiger partial charge in [0, 0.05) is 12.1 Å². The van der Waals surface area contributed by atoms with Crippen LogP contribution in [-0.2, 0) is 11.3 Å². The number of carbonyl (C=O) groups is 2. The third kappa shape index (κ3) is 3.63. The van der Waals surface area contributed by atoms with Gasteiger partial charge in [-0.3, -0.25) is 24.3 Å². The van der Waals surface area contributed by atoms with Crippen LogP contribution < -0.4 is 10.9 Å². The summed E-state index contributed by atoms with van der Waals surface area (Å²) in [6.45, 7) is -0.432. The van der Waals surface area contributed by atoms with Crippen LogP contribution in [-0.4, -0.2) is 31.5 Å². The SMILES string of the molecule is O=C(Cn1cnc2ccc([N+](=O)[O-])cc2c1=O)Nc1ccccc1C(=O)O. The minimum atomic E-state index is -1.21. The summed E-state index contributed by atoms with van der Waals surface area (Å²) in [6, 6.07) is 9.51. The molecule has 0 aliphatic carbocycles. The maximum atomic E-state index is 12.5. The highest BCUT2D eigenvalue weighted by Gasteiger charge is 2.15. The second kappa shape index (κ2) is 7.04. The van der Waals surface area contributed by atoms with Crippen LogP contribution in [0.15, 0.2) is 53.6 Å². The van der Waals surface area contributed by atoms with Crippen LogP contribution in [0.25, 0.3) is 10.9 Å². The fourth-order valence-corrected chi connectivity index (χ4v) is 2.50. The molecule has 0 atom stereocenters. The molecule has 3 aromatic rings. The molecule has 10 nitrogen and oxygen atoms in total. The molecule has 0 aliphatic rings. The summed E-state index contributed by atoms with van der Waals surface area (Å²) in [5.74, 6) is -1.85. The number of nitro groups is 1. The van der Waals surface area contributed by atoms with E-state index in [9.17, 15) is 24.5 Å². The largest absolute Gasteiger partial charge is 0.478 e. The maximum absolute atomic E-state index is 12.5. The second-order valence-corrected chi connectivity index (χ2v) is 5.54. The Morgan fingerprint density at radius 1 is 1.22 bits per heavy atom. The van der Waals surface area contributed by atoms with E-state index in [1.807, 2.05) is 0 Å². The van der Waals surface area contributed by atoms with Crippen molar-refractivity contribution in [1.82, 2.24) is 9.55 Å². The summed E-state index contributed by atoms with van der Waals surface area (Å²) in [5, 5.41) is 22.4. The molecule has 2 aromatic carbocycles. The highest BCUT2D eigenvalue weighted by molar-refractivity contribution is 6.00. The summed E-state index contributed by atoms with van der Waals surface area (Å²) in [4.78, 5) is 50.1. The summed E-state index contributed by atoms with van der Waals surface area (Å²) in [6.07, 6.45) is 1.15. The molecule has 0 bridgehead atoms. The Bertz CT molecular complexity index is 1140. The zero-order valence-electron chi connectivity index (χ0n) is 13.7. The van der Waals surface area contributed by atoms with E-state index >= 15 is 0 Å². The first kappa shape index (κ1) is 17.7. The van der Waals surface area contributed by atoms with E-state index in [-0.39, 0.29) is 27.8 Å². The molecule has 0 aliphatic heterocycles. The van der Waals surface area contributed by atoms with Gasteiger partial charge < -0.3 is 10.4 Å². The van der Waals surface area contributed by atoms with Crippen molar-refractivity contribution in [3.05, 3.63) is 74.8 Å². The molecular formula is C17H12N4O6. The number of nitrogens with one attached hydrogen (secondary N) is 1. The van der Waals surface area contributed by atoms with Gasteiger partial charge in [-0.25, -0.2) is 9.78 Å². The molecule has 0 fully saturated rings. The van der Waals surface area contributed by atoms with E-state index in [0.717, 1.165) is 17.0 Å². The lowest BCUT2D eigenvalue weighted by molar-refractivity contribution is -0.384. The Hall–Kier alpha value is -4.08. The maximum Gasteiger partial charge on any atom is 0.337 e. The van der Waals surface area contributed by atoms with Gasteiger partial charge in [-0.2, -0.15) is 0 Å². The molecule has 0 unspecified atom stereocenters. The minimum Gasteiger partial charge on any atom is -0.478 e. The number of non-ortho nitro benzene ring substituents is 1. The zero-order chi connectivity index (χ0) is 19.6. The van der Waals surface area contributed by atoms with Gasteiger partial charge in [0.1, 0.15) is 6.54 Å². The number of aromatic nitrogens is 2. The average molecular weight is 368 g/mol. The number of hydrogen-bond donors (Lipinski definition) is 2. The molecule has 0 spiro atoms. The number of aromatic carboxylic acids is 1. The fourth-order valence-electron chi connectivity index (χ4n) is 2.50. The van der Waals surface area contributed by atoms with Crippen LogP contribution >= 0.6 is 0 Å². The Morgan fingerprint density at radius 3 is 2.67 bits per heavy atom. The van der Waals surface area contributed by atoms with E-state index in [1.54, 1.807) is 6.07 Å². The molecule has 1 aromatic heterocycles. The number of carboxylic acid groups (broad SMARTS) is 1. The number of carbonyl (C=O) groups excluding carboxylic acids is 1. The van der Waals surface area contributed by atoms with Gasteiger partial charge in [-0.1, -0.05) is 12.1 Å². The molecule has 2 N–H and O–H groups in total. The highest BCUT2D eigenvalue weighted by Crippen LogP contribution is 2.17. The van der Waals surface area contributed by atoms with Gasteiger partial charge in [0.15, 0.2) is 0 Å². The van der Waals surface area contributed by atoms with Gasteiger partial charge in [0.2, 0.25) is 5.91 Å². The third-order valence-corrected chi connectivity index (χ3v) is 3.76. The first-order valence-corrected chi connectivity index (χ1v) is 7.62. The molecular weight excluding hydrogens is 356 g/mol. The number of benzene rings is 2. The van der Waals surface area contributed by atoms with E-state index in [0.29, 0.717) is 0 Å². The summed E-state index contributed by atoms with van der Waals surface area (Å²) < 4.78 is 0.991. The van der Waals surface area contributed by atoms with E-state index in [1.165, 1.54) is 30.3 Å². The number of nitrogens with zero attached hydrogens (tertiary/aromatic N) is 3. The van der Waals surface area contributed by atoms with Gasteiger partial charge in [0.25, 0.3) is 11.2 Å². The molecule has 0 radical (unpaired) electrons. The number of hydrogen-bond acceptors (Lipinski definition) is 6. The molecule has 136 valence electrons. The fraction of sp³-hybridized carbons (Fsp3) is 0.0588. The molecule has 10 heteroatoms. The number of amides is 1. The molecule has 1 heterocycles. The number of fused-ring (bicyclic) bond motifs is 1. The summed E-state index contributed by atoms with van der Waals surface area (Å²) in [5.41, 5.74) is -0.624. The molecule has 27 heavy (non-hydrogen) atoms. The minimum absolute atomic E-state index is 0.00503. The van der Waals surface area contributed by atoms with Crippen molar-refractivity contribution in [2.45, 2.75) is 6.54 Å². The highest BCUT2D eigenvalue weighted by atomic mass is 16.6. The topological polar surface area (TPSA) is 144 Å². The zero-order valence-corrected chi connectivity index (χ0v) is 13.7. The number of nitro benzene ring substituents is 1. The van der Waals surface area contributed by atoms with Gasteiger partial charge >= 0.3 is 5.97 Å². The predicted octanol–water partition coefficient (Wildman–Crippen LogP) is 1.64. The van der Waals surface area contributed by atoms with E-state index in [2.05, 4.69) is 10.3 Å². The van der Waals surface area contributed by atoms with Crippen molar-refractivity contribution in [1.29, 1.82) is 0 Å². The standard InChI is InChI=1S/C17H12N4O6/c22-15(19-14-4-2-1-3-11(14)17(24)25)8-20-9-18-13-6-5-10(21(26)27)7-12(13)16(20)23/h1-7,9H,8H2,(H,19,22)(H,24,25). The van der Waals surface area contributed by atoms with Crippen molar-refractivity contribution in [3.8, 4) is 0 Å². The summed E-state index contributed by atoms with van der Waals surface area (Å²) >= 11 is 0. The van der Waals surface area contributed by atoms with Crippen LogP contribution in [0.2, 0.25) is 0 Å². The van der Waals surface area contributed by atoms with E-state index in [4.69, 9.17) is 5.11 Å². The summed E-state index contributed by atoms with van der Waals surface area (Å²) in [7, 11) is 0. The average Bonchev–Trinajstić information content (AvgIpc) is 2.64. The lowest BCUT2D eigenvalue weighted by Crippen LogP contribution is -2.28. The van der Waals surface area contributed by atoms with Crippen LogP contribution in [0, 0.1) is 10.1 Å². The van der Waals surface area contributed by atoms with Crippen LogP contribution in [0.5, 0.6) is 0 Å². The lowest BCUT2D eigenvalue weighted by atomic mass is 10.2. The Labute approximate surface area is 150 Å². The first-order valence-electron chi connectivity index (χ1n) is 7.62. The van der Waals surface area contributed by atoms with Gasteiger partial charge in [-0.05, 0) is 18.2 Å². The molecule has 3 rings (SSSR count). The van der Waals surface area contributed by atoms with Crippen molar-refractivity contribution >= 4 is 34.2 Å². The lowest BCUT2D eigenvalue weighted by Gasteiger charge is -2.10. The van der Waals surface area contributed by atoms with Crippen molar-refractivity contribution in [2.75, 3.05) is 5.32 Å². The Kier molecular flexibility index (Phi) is 4.62. The second-order valence-electron chi connectivity index (χ2n) is 5.54. The number of carboxylic acids is 1. The van der Waals surface area contributed by atoms with E-state index < -0.39 is 28.9 Å². The van der Waals surface area contributed by atoms with Crippen molar-refractivity contribution < 1.29 is 19.6 Å². The normalized spacial score (nSPS) is 10.5.